The highest BCUT2D eigenvalue weighted by atomic mass is 14.7. The molecule has 0 saturated carbocycles. The lowest BCUT2D eigenvalue weighted by atomic mass is 9.96. The predicted molar refractivity (Wildman–Crippen MR) is 102 cm³/mol. The van der Waals surface area contributed by atoms with Gasteiger partial charge in [0.1, 0.15) is 0 Å². The maximum Gasteiger partial charge on any atom is 0.0780 e. The molecule has 0 aliphatic carbocycles. The van der Waals surface area contributed by atoms with Gasteiger partial charge in [0.25, 0.3) is 0 Å². The van der Waals surface area contributed by atoms with Crippen LogP contribution in [0.1, 0.15) is 11.1 Å². The van der Waals surface area contributed by atoms with E-state index < -0.39 is 0 Å². The van der Waals surface area contributed by atoms with Gasteiger partial charge in [-0.05, 0) is 36.9 Å². The number of pyridine rings is 1. The van der Waals surface area contributed by atoms with Crippen molar-refractivity contribution in [3.05, 3.63) is 90.1 Å². The van der Waals surface area contributed by atoms with Crippen molar-refractivity contribution in [2.45, 2.75) is 13.8 Å². The van der Waals surface area contributed by atoms with Crippen molar-refractivity contribution >= 4 is 10.8 Å². The van der Waals surface area contributed by atoms with Crippen molar-refractivity contribution in [1.29, 1.82) is 0 Å². The Balaban J connectivity index is 2.00. The molecule has 1 heterocycles. The molecular weight excluding hydrogens is 290 g/mol. The normalized spacial score (nSPS) is 10.9. The zero-order valence-corrected chi connectivity index (χ0v) is 14.0. The number of rotatable bonds is 2. The van der Waals surface area contributed by atoms with E-state index in [1.807, 2.05) is 12.3 Å². The van der Waals surface area contributed by atoms with E-state index in [-0.39, 0.29) is 0 Å². The van der Waals surface area contributed by atoms with Crippen LogP contribution in [0.25, 0.3) is 33.2 Å². The fourth-order valence-electron chi connectivity index (χ4n) is 3.38. The van der Waals surface area contributed by atoms with Crippen LogP contribution < -0.4 is 0 Å². The number of nitrogens with zero attached hydrogens (tertiary/aromatic N) is 1. The minimum absolute atomic E-state index is 1.05. The monoisotopic (exact) mass is 309 g/mol. The smallest absolute Gasteiger partial charge is 0.0780 e. The Morgan fingerprint density at radius 1 is 0.625 bits per heavy atom. The van der Waals surface area contributed by atoms with Gasteiger partial charge in [0, 0.05) is 22.7 Å². The molecule has 1 nitrogen and oxygen atoms in total. The molecule has 4 aromatic rings. The summed E-state index contributed by atoms with van der Waals surface area (Å²) in [7, 11) is 0. The minimum Gasteiger partial charge on any atom is -0.255 e. The lowest BCUT2D eigenvalue weighted by Crippen LogP contribution is -1.91. The van der Waals surface area contributed by atoms with Crippen LogP contribution in [-0.2, 0) is 0 Å². The van der Waals surface area contributed by atoms with Crippen molar-refractivity contribution in [2.75, 3.05) is 0 Å². The fourth-order valence-corrected chi connectivity index (χ4v) is 3.38. The minimum atomic E-state index is 1.05. The van der Waals surface area contributed by atoms with E-state index >= 15 is 0 Å². The topological polar surface area (TPSA) is 12.9 Å². The van der Waals surface area contributed by atoms with Crippen LogP contribution in [0.4, 0.5) is 0 Å². The second-order valence-corrected chi connectivity index (χ2v) is 6.31. The maximum absolute atomic E-state index is 4.84. The van der Waals surface area contributed by atoms with E-state index in [0.29, 0.717) is 0 Å². The molecule has 0 bridgehead atoms. The van der Waals surface area contributed by atoms with Gasteiger partial charge in [-0.3, -0.25) is 4.98 Å². The highest BCUT2D eigenvalue weighted by Crippen LogP contribution is 2.34. The van der Waals surface area contributed by atoms with Gasteiger partial charge >= 0.3 is 0 Å². The number of benzene rings is 3. The molecule has 0 saturated heterocycles. The third-order valence-corrected chi connectivity index (χ3v) is 4.38. The third-order valence-electron chi connectivity index (χ3n) is 4.38. The van der Waals surface area contributed by atoms with Crippen molar-refractivity contribution in [3.8, 4) is 22.4 Å². The molecule has 0 aliphatic rings. The van der Waals surface area contributed by atoms with Crippen LogP contribution in [0.3, 0.4) is 0 Å². The lowest BCUT2D eigenvalue weighted by molar-refractivity contribution is 1.32. The van der Waals surface area contributed by atoms with Gasteiger partial charge in [-0.1, -0.05) is 71.8 Å². The first-order chi connectivity index (χ1) is 11.7. The van der Waals surface area contributed by atoms with Crippen molar-refractivity contribution < 1.29 is 0 Å². The van der Waals surface area contributed by atoms with Gasteiger partial charge in [-0.25, -0.2) is 0 Å². The summed E-state index contributed by atoms with van der Waals surface area (Å²) in [6.45, 7) is 4.27. The summed E-state index contributed by atoms with van der Waals surface area (Å²) in [5.41, 5.74) is 7.15. The summed E-state index contributed by atoms with van der Waals surface area (Å²) < 4.78 is 0. The van der Waals surface area contributed by atoms with Crippen molar-refractivity contribution in [3.63, 3.8) is 0 Å². The summed E-state index contributed by atoms with van der Waals surface area (Å²) in [6.07, 6.45) is 2.00. The predicted octanol–water partition coefficient (Wildman–Crippen LogP) is 6.19. The van der Waals surface area contributed by atoms with Gasteiger partial charge in [-0.2, -0.15) is 0 Å². The van der Waals surface area contributed by atoms with E-state index in [4.69, 9.17) is 4.98 Å². The van der Waals surface area contributed by atoms with E-state index in [1.54, 1.807) is 0 Å². The molecule has 0 unspecified atom stereocenters. The molecule has 4 rings (SSSR count). The highest BCUT2D eigenvalue weighted by molar-refractivity contribution is 6.03. The van der Waals surface area contributed by atoms with Gasteiger partial charge in [0.15, 0.2) is 0 Å². The molecular formula is C23H19N. The SMILES string of the molecule is Cc1cc(C)cc(-c2ncc(-c3ccccc3)c3ccccc23)c1. The molecule has 0 aliphatic heterocycles. The largest absolute Gasteiger partial charge is 0.255 e. The van der Waals surface area contributed by atoms with Gasteiger partial charge in [0.2, 0.25) is 0 Å². The fraction of sp³-hybridized carbons (Fsp3) is 0.0870. The van der Waals surface area contributed by atoms with Crippen LogP contribution in [0, 0.1) is 13.8 Å². The molecule has 0 amide bonds. The summed E-state index contributed by atoms with van der Waals surface area (Å²) in [6, 6.07) is 25.6. The number of aryl methyl sites for hydroxylation is 2. The maximum atomic E-state index is 4.84. The lowest BCUT2D eigenvalue weighted by Gasteiger charge is -2.12. The van der Waals surface area contributed by atoms with Crippen LogP contribution in [0.15, 0.2) is 79.0 Å². The van der Waals surface area contributed by atoms with E-state index in [2.05, 4.69) is 80.6 Å². The first-order valence-corrected chi connectivity index (χ1v) is 8.24. The third kappa shape index (κ3) is 2.59. The zero-order valence-electron chi connectivity index (χ0n) is 14.0. The molecule has 24 heavy (non-hydrogen) atoms. The zero-order chi connectivity index (χ0) is 16.5. The second kappa shape index (κ2) is 5.93. The Morgan fingerprint density at radius 2 is 1.25 bits per heavy atom. The number of hydrogen-bond donors (Lipinski definition) is 0. The molecule has 0 N–H and O–H groups in total. The quantitative estimate of drug-likeness (QED) is 0.430. The van der Waals surface area contributed by atoms with Crippen molar-refractivity contribution in [1.82, 2.24) is 4.98 Å². The van der Waals surface area contributed by atoms with Crippen LogP contribution in [0.5, 0.6) is 0 Å². The Hall–Kier alpha value is -2.93. The molecule has 0 spiro atoms. The molecule has 0 fully saturated rings. The molecule has 0 atom stereocenters. The molecule has 0 radical (unpaired) electrons. The summed E-state index contributed by atoms with van der Waals surface area (Å²) in [5, 5.41) is 2.44. The highest BCUT2D eigenvalue weighted by Gasteiger charge is 2.11. The molecule has 1 aromatic heterocycles. The first-order valence-electron chi connectivity index (χ1n) is 8.24. The standard InChI is InChI=1S/C23H19N/c1-16-12-17(2)14-19(13-16)23-21-11-7-6-10-20(21)22(15-24-23)18-8-4-3-5-9-18/h3-15H,1-2H3. The number of hydrogen-bond acceptors (Lipinski definition) is 1. The number of fused-ring (bicyclic) bond motifs is 1. The van der Waals surface area contributed by atoms with Crippen LogP contribution >= 0.6 is 0 Å². The summed E-state index contributed by atoms with van der Waals surface area (Å²) >= 11 is 0. The Labute approximate surface area is 142 Å². The Morgan fingerprint density at radius 3 is 1.96 bits per heavy atom. The van der Waals surface area contributed by atoms with Gasteiger partial charge < -0.3 is 0 Å². The average Bonchev–Trinajstić information content (AvgIpc) is 2.60. The average molecular weight is 309 g/mol. The summed E-state index contributed by atoms with van der Waals surface area (Å²) in [5.74, 6) is 0. The number of aromatic nitrogens is 1. The second-order valence-electron chi connectivity index (χ2n) is 6.31. The van der Waals surface area contributed by atoms with Crippen LogP contribution in [-0.4, -0.2) is 4.98 Å². The van der Waals surface area contributed by atoms with Crippen molar-refractivity contribution in [2.24, 2.45) is 0 Å². The molecule has 116 valence electrons. The van der Waals surface area contributed by atoms with Crippen LogP contribution in [0.2, 0.25) is 0 Å². The Bertz CT molecular complexity index is 996. The van der Waals surface area contributed by atoms with E-state index in [0.717, 1.165) is 5.69 Å². The Kier molecular flexibility index (Phi) is 3.62. The molecule has 3 aromatic carbocycles. The van der Waals surface area contributed by atoms with Gasteiger partial charge in [0.05, 0.1) is 5.69 Å². The first kappa shape index (κ1) is 14.6. The summed E-state index contributed by atoms with van der Waals surface area (Å²) in [4.78, 5) is 4.84. The van der Waals surface area contributed by atoms with Gasteiger partial charge in [-0.15, -0.1) is 0 Å². The molecule has 1 heteroatoms. The van der Waals surface area contributed by atoms with E-state index in [9.17, 15) is 0 Å². The van der Waals surface area contributed by atoms with E-state index in [1.165, 1.54) is 38.6 Å².